The van der Waals surface area contributed by atoms with Crippen molar-refractivity contribution < 1.29 is 19.4 Å². The molecule has 0 fully saturated rings. The number of rotatable bonds is 6. The summed E-state index contributed by atoms with van der Waals surface area (Å²) in [4.78, 5) is 23.4. The normalized spacial score (nSPS) is 11.7. The number of carboxylic acids is 1. The van der Waals surface area contributed by atoms with Gasteiger partial charge in [0.1, 0.15) is 6.61 Å². The summed E-state index contributed by atoms with van der Waals surface area (Å²) in [6.45, 7) is 0.123. The van der Waals surface area contributed by atoms with E-state index in [1.54, 1.807) is 11.4 Å². The zero-order valence-corrected chi connectivity index (χ0v) is 13.1. The molecule has 0 saturated carbocycles. The molecule has 7 heteroatoms. The van der Waals surface area contributed by atoms with Gasteiger partial charge in [-0.15, -0.1) is 11.3 Å². The van der Waals surface area contributed by atoms with Gasteiger partial charge < -0.3 is 15.2 Å². The lowest BCUT2D eigenvalue weighted by Crippen LogP contribution is -2.30. The molecule has 2 N–H and O–H groups in total. The first-order valence-electron chi connectivity index (χ1n) is 6.47. The molecule has 0 aliphatic carbocycles. The maximum absolute atomic E-state index is 11.8. The van der Waals surface area contributed by atoms with E-state index in [-0.39, 0.29) is 13.0 Å². The fraction of sp³-hybridized carbons (Fsp3) is 0.200. The van der Waals surface area contributed by atoms with Crippen LogP contribution in [0.1, 0.15) is 22.9 Å². The maximum Gasteiger partial charge on any atom is 0.407 e. The van der Waals surface area contributed by atoms with Crippen LogP contribution in [0.4, 0.5) is 4.79 Å². The van der Waals surface area contributed by atoms with Crippen molar-refractivity contribution in [3.8, 4) is 0 Å². The average Bonchev–Trinajstić information content (AvgIpc) is 2.92. The van der Waals surface area contributed by atoms with Crippen LogP contribution in [0.5, 0.6) is 0 Å². The monoisotopic (exact) mass is 339 g/mol. The second-order valence-corrected chi connectivity index (χ2v) is 5.90. The van der Waals surface area contributed by atoms with Crippen LogP contribution < -0.4 is 5.32 Å². The van der Waals surface area contributed by atoms with Gasteiger partial charge in [0, 0.05) is 10.3 Å². The lowest BCUT2D eigenvalue weighted by Gasteiger charge is -2.15. The number of carbonyl (C=O) groups is 2. The lowest BCUT2D eigenvalue weighted by molar-refractivity contribution is -0.137. The number of ether oxygens (including phenoxy) is 1. The van der Waals surface area contributed by atoms with E-state index < -0.39 is 18.1 Å². The van der Waals surface area contributed by atoms with Gasteiger partial charge in [-0.3, -0.25) is 4.79 Å². The fourth-order valence-corrected chi connectivity index (χ4v) is 2.95. The Hall–Kier alpha value is -2.05. The van der Waals surface area contributed by atoms with Gasteiger partial charge in [0.25, 0.3) is 0 Å². The van der Waals surface area contributed by atoms with Crippen LogP contribution in [-0.2, 0) is 16.1 Å². The first kappa shape index (κ1) is 16.3. The third-order valence-electron chi connectivity index (χ3n) is 2.81. The summed E-state index contributed by atoms with van der Waals surface area (Å²) < 4.78 is 5.10. The van der Waals surface area contributed by atoms with Gasteiger partial charge in [0.15, 0.2) is 0 Å². The van der Waals surface area contributed by atoms with Crippen LogP contribution >= 0.6 is 22.9 Å². The topological polar surface area (TPSA) is 75.6 Å². The van der Waals surface area contributed by atoms with Gasteiger partial charge in [-0.1, -0.05) is 41.9 Å². The van der Waals surface area contributed by atoms with E-state index in [0.717, 1.165) is 5.56 Å². The molecule has 116 valence electrons. The molecule has 1 aromatic heterocycles. The van der Waals surface area contributed by atoms with Crippen molar-refractivity contribution in [2.45, 2.75) is 19.1 Å². The van der Waals surface area contributed by atoms with E-state index in [4.69, 9.17) is 21.4 Å². The molecular weight excluding hydrogens is 326 g/mol. The van der Waals surface area contributed by atoms with E-state index in [0.29, 0.717) is 9.90 Å². The quantitative estimate of drug-likeness (QED) is 0.838. The van der Waals surface area contributed by atoms with Crippen LogP contribution in [0.15, 0.2) is 41.8 Å². The van der Waals surface area contributed by atoms with Crippen LogP contribution in [-0.4, -0.2) is 17.2 Å². The lowest BCUT2D eigenvalue weighted by atomic mass is 10.2. The first-order valence-corrected chi connectivity index (χ1v) is 7.73. The van der Waals surface area contributed by atoms with Crippen LogP contribution in [0, 0.1) is 0 Å². The number of hydrogen-bond acceptors (Lipinski definition) is 4. The molecule has 5 nitrogen and oxygen atoms in total. The molecule has 0 radical (unpaired) electrons. The zero-order valence-electron chi connectivity index (χ0n) is 11.5. The highest BCUT2D eigenvalue weighted by Crippen LogP contribution is 2.27. The molecule has 0 saturated heterocycles. The highest BCUT2D eigenvalue weighted by Gasteiger charge is 2.20. The van der Waals surface area contributed by atoms with Gasteiger partial charge in [0.05, 0.1) is 17.5 Å². The number of aliphatic carboxylic acids is 1. The smallest absolute Gasteiger partial charge is 0.407 e. The summed E-state index contributed by atoms with van der Waals surface area (Å²) in [7, 11) is 0. The largest absolute Gasteiger partial charge is 0.481 e. The Labute approximate surface area is 136 Å². The van der Waals surface area contributed by atoms with Crippen LogP contribution in [0.25, 0.3) is 0 Å². The average molecular weight is 340 g/mol. The summed E-state index contributed by atoms with van der Waals surface area (Å²) in [6.07, 6.45) is -0.906. The summed E-state index contributed by atoms with van der Waals surface area (Å²) >= 11 is 7.13. The van der Waals surface area contributed by atoms with Crippen molar-refractivity contribution in [3.63, 3.8) is 0 Å². The van der Waals surface area contributed by atoms with E-state index in [2.05, 4.69) is 5.32 Å². The predicted octanol–water partition coefficient (Wildman–Crippen LogP) is 3.84. The number of carboxylic acid groups (broad SMARTS) is 1. The Kier molecular flexibility index (Phi) is 5.80. The van der Waals surface area contributed by atoms with Crippen molar-refractivity contribution >= 4 is 35.0 Å². The number of alkyl carbamates (subject to hydrolysis) is 1. The number of carbonyl (C=O) groups excluding carboxylic acids is 1. The van der Waals surface area contributed by atoms with Crippen molar-refractivity contribution in [2.24, 2.45) is 0 Å². The highest BCUT2D eigenvalue weighted by molar-refractivity contribution is 7.10. The van der Waals surface area contributed by atoms with E-state index >= 15 is 0 Å². The number of nitrogens with one attached hydrogen (secondary N) is 1. The minimum atomic E-state index is -1.02. The molecule has 1 amide bonds. The van der Waals surface area contributed by atoms with Crippen molar-refractivity contribution in [1.29, 1.82) is 0 Å². The maximum atomic E-state index is 11.8. The Bertz CT molecular complexity index is 644. The second-order valence-electron chi connectivity index (χ2n) is 4.52. The molecule has 1 aromatic carbocycles. The molecular formula is C15H14ClNO4S. The van der Waals surface area contributed by atoms with Gasteiger partial charge in [-0.05, 0) is 11.6 Å². The minimum Gasteiger partial charge on any atom is -0.481 e. The van der Waals surface area contributed by atoms with E-state index in [1.165, 1.54) is 11.3 Å². The molecule has 2 rings (SSSR count). The Morgan fingerprint density at radius 2 is 2.05 bits per heavy atom. The minimum absolute atomic E-state index is 0.123. The van der Waals surface area contributed by atoms with Gasteiger partial charge in [-0.2, -0.15) is 0 Å². The van der Waals surface area contributed by atoms with Crippen LogP contribution in [0.2, 0.25) is 5.02 Å². The van der Waals surface area contributed by atoms with Crippen LogP contribution in [0.3, 0.4) is 0 Å². The molecule has 0 unspecified atom stereocenters. The Balaban J connectivity index is 1.94. The molecule has 0 aliphatic rings. The number of halogens is 1. The fourth-order valence-electron chi connectivity index (χ4n) is 1.82. The third-order valence-corrected chi connectivity index (χ3v) is 4.21. The summed E-state index contributed by atoms with van der Waals surface area (Å²) in [6, 6.07) is 10.2. The Morgan fingerprint density at radius 1 is 1.32 bits per heavy atom. The standard InChI is InChI=1S/C15H14ClNO4S/c16-11-6-13(22-9-11)12(7-14(18)19)17-15(20)21-8-10-4-2-1-3-5-10/h1-6,9,12H,7-8H2,(H,17,20)(H,18,19)/t12-/m1/s1. The molecule has 0 spiro atoms. The number of hydrogen-bond donors (Lipinski definition) is 2. The SMILES string of the molecule is O=C(O)C[C@@H](NC(=O)OCc1ccccc1)c1cc(Cl)cs1. The number of thiophene rings is 1. The van der Waals surface area contributed by atoms with Crippen molar-refractivity contribution in [3.05, 3.63) is 57.2 Å². The third kappa shape index (κ3) is 5.05. The molecule has 1 heterocycles. The van der Waals surface area contributed by atoms with Crippen molar-refractivity contribution in [2.75, 3.05) is 0 Å². The summed E-state index contributed by atoms with van der Waals surface area (Å²) in [5, 5.41) is 13.7. The second kappa shape index (κ2) is 7.82. The van der Waals surface area contributed by atoms with Gasteiger partial charge >= 0.3 is 12.1 Å². The molecule has 1 atom stereocenters. The molecule has 2 aromatic rings. The number of amides is 1. The van der Waals surface area contributed by atoms with Gasteiger partial charge in [0.2, 0.25) is 0 Å². The van der Waals surface area contributed by atoms with Crippen molar-refractivity contribution in [1.82, 2.24) is 5.32 Å². The Morgan fingerprint density at radius 3 is 2.64 bits per heavy atom. The molecule has 0 bridgehead atoms. The molecule has 22 heavy (non-hydrogen) atoms. The number of benzene rings is 1. The van der Waals surface area contributed by atoms with E-state index in [9.17, 15) is 9.59 Å². The van der Waals surface area contributed by atoms with E-state index in [1.807, 2.05) is 30.3 Å². The summed E-state index contributed by atoms with van der Waals surface area (Å²) in [5.41, 5.74) is 0.853. The summed E-state index contributed by atoms with van der Waals surface area (Å²) in [5.74, 6) is -1.02. The van der Waals surface area contributed by atoms with Gasteiger partial charge in [-0.25, -0.2) is 4.79 Å². The highest BCUT2D eigenvalue weighted by atomic mass is 35.5. The molecule has 0 aliphatic heterocycles. The zero-order chi connectivity index (χ0) is 15.9. The predicted molar refractivity (Wildman–Crippen MR) is 84.1 cm³/mol. The first-order chi connectivity index (χ1) is 10.5.